The maximum Gasteiger partial charge on any atom is 0.441 e. The molecule has 0 amide bonds. The number of carbonyl (C=O) groups excluding carboxylic acids is 2. The lowest BCUT2D eigenvalue weighted by Crippen LogP contribution is -2.45. The molecule has 0 aromatic heterocycles. The molecular weight excluding hydrogens is 241 g/mol. The number of carboxylic acids is 1. The van der Waals surface area contributed by atoms with Crippen LogP contribution in [-0.2, 0) is 4.79 Å². The van der Waals surface area contributed by atoms with Gasteiger partial charge in [0.1, 0.15) is 11.6 Å². The predicted molar refractivity (Wildman–Crippen MR) is 47.0 cm³/mol. The Hall–Kier alpha value is -2.05. The molecule has 0 aliphatic heterocycles. The van der Waals surface area contributed by atoms with Crippen LogP contribution in [0.15, 0.2) is 18.2 Å². The zero-order valence-corrected chi connectivity index (χ0v) is 8.50. The van der Waals surface area contributed by atoms with Crippen LogP contribution in [0.4, 0.5) is 13.2 Å². The van der Waals surface area contributed by atoms with Crippen LogP contribution in [0.2, 0.25) is 0 Å². The Bertz CT molecular complexity index is 471. The van der Waals surface area contributed by atoms with Crippen LogP contribution in [0.3, 0.4) is 0 Å². The summed E-state index contributed by atoms with van der Waals surface area (Å²) in [5.41, 5.74) is -0.481. The Balaban J connectivity index is 3.15. The molecule has 0 saturated heterocycles. The second-order valence-electron chi connectivity index (χ2n) is 3.10. The average Bonchev–Trinajstić information content (AvgIpc) is 2.19. The first kappa shape index (κ1) is 13.0. The van der Waals surface area contributed by atoms with Crippen molar-refractivity contribution in [2.24, 2.45) is 0 Å². The van der Waals surface area contributed by atoms with Crippen molar-refractivity contribution in [1.29, 1.82) is 0 Å². The van der Waals surface area contributed by atoms with E-state index in [0.717, 1.165) is 19.1 Å². The molecule has 1 rings (SSSR count). The van der Waals surface area contributed by atoms with Crippen LogP contribution in [0.5, 0.6) is 5.75 Å². The molecule has 17 heavy (non-hydrogen) atoms. The highest BCUT2D eigenvalue weighted by atomic mass is 19.3. The number of hydrogen-bond donors (Lipinski definition) is 0. The summed E-state index contributed by atoms with van der Waals surface area (Å²) in [6.45, 7) is 0.999. The smallest absolute Gasteiger partial charge is 0.441 e. The molecule has 0 fully saturated rings. The highest BCUT2D eigenvalue weighted by Crippen LogP contribution is 2.26. The molecule has 0 spiro atoms. The van der Waals surface area contributed by atoms with Crippen molar-refractivity contribution < 1.29 is 32.6 Å². The zero-order chi connectivity index (χ0) is 13.2. The van der Waals surface area contributed by atoms with E-state index in [1.54, 1.807) is 0 Å². The second-order valence-corrected chi connectivity index (χ2v) is 3.10. The molecule has 0 unspecified atom stereocenters. The summed E-state index contributed by atoms with van der Waals surface area (Å²) in [5.74, 6) is -5.06. The zero-order valence-electron chi connectivity index (χ0n) is 8.50. The van der Waals surface area contributed by atoms with Gasteiger partial charge in [-0.3, -0.25) is 4.79 Å². The lowest BCUT2D eigenvalue weighted by Gasteiger charge is -2.19. The third-order valence-corrected chi connectivity index (χ3v) is 1.80. The van der Waals surface area contributed by atoms with Crippen molar-refractivity contribution in [1.82, 2.24) is 0 Å². The third-order valence-electron chi connectivity index (χ3n) is 1.80. The van der Waals surface area contributed by atoms with Gasteiger partial charge in [0, 0.05) is 0 Å². The number of hydrogen-bond acceptors (Lipinski definition) is 4. The number of alkyl halides is 2. The fraction of sp³-hybridized carbons (Fsp3) is 0.200. The van der Waals surface area contributed by atoms with Crippen LogP contribution >= 0.6 is 0 Å². The fourth-order valence-electron chi connectivity index (χ4n) is 1.05. The largest absolute Gasteiger partial charge is 0.541 e. The molecule has 0 saturated carbocycles. The number of rotatable bonds is 4. The summed E-state index contributed by atoms with van der Waals surface area (Å²) in [7, 11) is 0. The van der Waals surface area contributed by atoms with E-state index < -0.39 is 35.0 Å². The van der Waals surface area contributed by atoms with Crippen LogP contribution in [0.25, 0.3) is 0 Å². The van der Waals surface area contributed by atoms with Gasteiger partial charge in [0.05, 0.1) is 5.56 Å². The lowest BCUT2D eigenvalue weighted by atomic mass is 10.1. The van der Waals surface area contributed by atoms with E-state index in [-0.39, 0.29) is 0 Å². The molecule has 0 bridgehead atoms. The van der Waals surface area contributed by atoms with E-state index in [2.05, 4.69) is 4.74 Å². The molecule has 0 aliphatic rings. The van der Waals surface area contributed by atoms with Gasteiger partial charge in [-0.15, -0.1) is 0 Å². The number of carbonyl (C=O) groups is 2. The Labute approximate surface area is 93.6 Å². The quantitative estimate of drug-likeness (QED) is 0.736. The van der Waals surface area contributed by atoms with Crippen molar-refractivity contribution in [2.75, 3.05) is 0 Å². The van der Waals surface area contributed by atoms with Gasteiger partial charge in [0.2, 0.25) is 0 Å². The highest BCUT2D eigenvalue weighted by Gasteiger charge is 2.35. The Morgan fingerprint density at radius 1 is 1.35 bits per heavy atom. The minimum atomic E-state index is -4.60. The molecule has 0 atom stereocenters. The molecule has 1 aromatic carbocycles. The predicted octanol–water partition coefficient (Wildman–Crippen LogP) is 0.750. The maximum absolute atomic E-state index is 12.8. The van der Waals surface area contributed by atoms with Crippen molar-refractivity contribution in [2.45, 2.75) is 13.0 Å². The summed E-state index contributed by atoms with van der Waals surface area (Å²) < 4.78 is 42.0. The Kier molecular flexibility index (Phi) is 3.40. The molecule has 92 valence electrons. The molecule has 4 nitrogen and oxygen atoms in total. The summed E-state index contributed by atoms with van der Waals surface area (Å²) >= 11 is 0. The number of Topliss-reactive ketones (excluding diaryl/α,β-unsaturated/α-hetero) is 1. The van der Waals surface area contributed by atoms with Gasteiger partial charge >= 0.3 is 6.11 Å². The van der Waals surface area contributed by atoms with Crippen molar-refractivity contribution in [3.05, 3.63) is 29.6 Å². The van der Waals surface area contributed by atoms with Gasteiger partial charge in [-0.05, 0) is 25.1 Å². The number of halogens is 3. The standard InChI is InChI=1S/C10H7F3O4/c1-5(14)7-4-6(11)2-3-8(7)17-10(12,13)9(15)16/h2-4H,1H3,(H,15,16)/p-1. The van der Waals surface area contributed by atoms with Gasteiger partial charge in [-0.25, -0.2) is 4.39 Å². The minimum absolute atomic E-state index is 0.481. The van der Waals surface area contributed by atoms with E-state index in [1.165, 1.54) is 0 Å². The average molecular weight is 247 g/mol. The number of aliphatic carboxylic acids is 1. The third kappa shape index (κ3) is 2.96. The Morgan fingerprint density at radius 3 is 2.41 bits per heavy atom. The van der Waals surface area contributed by atoms with Gasteiger partial charge in [0.15, 0.2) is 11.8 Å². The van der Waals surface area contributed by atoms with E-state index in [1.807, 2.05) is 0 Å². The molecule has 7 heteroatoms. The molecule has 0 N–H and O–H groups in total. The van der Waals surface area contributed by atoms with Crippen LogP contribution in [0, 0.1) is 5.82 Å². The molecular formula is C10H6F3O4-. The normalized spacial score (nSPS) is 11.1. The lowest BCUT2D eigenvalue weighted by molar-refractivity contribution is -0.350. The van der Waals surface area contributed by atoms with Gasteiger partial charge in [-0.2, -0.15) is 8.78 Å². The highest BCUT2D eigenvalue weighted by molar-refractivity contribution is 5.96. The number of carboxylic acid groups (broad SMARTS) is 1. The summed E-state index contributed by atoms with van der Waals surface area (Å²) in [6.07, 6.45) is -4.60. The summed E-state index contributed by atoms with van der Waals surface area (Å²) in [4.78, 5) is 21.0. The van der Waals surface area contributed by atoms with Crippen LogP contribution in [0.1, 0.15) is 17.3 Å². The first-order valence-corrected chi connectivity index (χ1v) is 4.33. The topological polar surface area (TPSA) is 66.4 Å². The van der Waals surface area contributed by atoms with Gasteiger partial charge < -0.3 is 14.6 Å². The number of benzene rings is 1. The van der Waals surface area contributed by atoms with Crippen molar-refractivity contribution in [3.8, 4) is 5.75 Å². The van der Waals surface area contributed by atoms with E-state index in [0.29, 0.717) is 6.07 Å². The molecule has 0 radical (unpaired) electrons. The fourth-order valence-corrected chi connectivity index (χ4v) is 1.05. The number of ketones is 1. The maximum atomic E-state index is 12.8. The van der Waals surface area contributed by atoms with Crippen LogP contribution in [-0.4, -0.2) is 17.9 Å². The van der Waals surface area contributed by atoms with E-state index in [9.17, 15) is 27.9 Å². The first-order valence-electron chi connectivity index (χ1n) is 4.33. The molecule has 0 aliphatic carbocycles. The van der Waals surface area contributed by atoms with E-state index >= 15 is 0 Å². The second kappa shape index (κ2) is 4.44. The van der Waals surface area contributed by atoms with Gasteiger partial charge in [0.25, 0.3) is 0 Å². The van der Waals surface area contributed by atoms with Crippen molar-refractivity contribution >= 4 is 11.8 Å². The van der Waals surface area contributed by atoms with Crippen molar-refractivity contribution in [3.63, 3.8) is 0 Å². The van der Waals surface area contributed by atoms with E-state index in [4.69, 9.17) is 0 Å². The SMILES string of the molecule is CC(=O)c1cc(F)ccc1OC(F)(F)C(=O)[O-]. The minimum Gasteiger partial charge on any atom is -0.541 e. The number of ether oxygens (including phenoxy) is 1. The van der Waals surface area contributed by atoms with Gasteiger partial charge in [-0.1, -0.05) is 0 Å². The monoisotopic (exact) mass is 247 g/mol. The summed E-state index contributed by atoms with van der Waals surface area (Å²) in [6, 6.07) is 2.17. The molecule has 1 aromatic rings. The molecule has 0 heterocycles. The van der Waals surface area contributed by atoms with Crippen LogP contribution < -0.4 is 9.84 Å². The first-order chi connectivity index (χ1) is 7.74. The summed E-state index contributed by atoms with van der Waals surface area (Å²) in [5, 5.41) is 10.0. The Morgan fingerprint density at radius 2 is 1.94 bits per heavy atom.